The Labute approximate surface area is 280 Å². The molecule has 0 saturated heterocycles. The van der Waals surface area contributed by atoms with Crippen LogP contribution >= 0.6 is 0 Å². The van der Waals surface area contributed by atoms with Crippen LogP contribution in [0.1, 0.15) is 25.0 Å². The van der Waals surface area contributed by atoms with E-state index in [-0.39, 0.29) is 5.41 Å². The van der Waals surface area contributed by atoms with Gasteiger partial charge in [-0.2, -0.15) is 0 Å². The van der Waals surface area contributed by atoms with Crippen LogP contribution in [0.25, 0.3) is 38.6 Å². The first-order chi connectivity index (χ1) is 23.6. The van der Waals surface area contributed by atoms with Crippen molar-refractivity contribution in [3.8, 4) is 28.3 Å². The quantitative estimate of drug-likeness (QED) is 0.184. The highest BCUT2D eigenvalue weighted by Crippen LogP contribution is 2.51. The topological polar surface area (TPSA) is 17.4 Å². The molecule has 0 spiro atoms. The van der Waals surface area contributed by atoms with Crippen molar-refractivity contribution in [3.05, 3.63) is 181 Å². The average molecular weight is 619 g/mol. The maximum atomic E-state index is 6.61. The fourth-order valence-electron chi connectivity index (χ4n) is 7.55. The monoisotopic (exact) mass is 618 g/mol. The average Bonchev–Trinajstić information content (AvgIpc) is 3.58. The zero-order valence-corrected chi connectivity index (χ0v) is 27.0. The smallest absolute Gasteiger partial charge is 0.129 e. The van der Waals surface area contributed by atoms with Crippen LogP contribution in [-0.4, -0.2) is 4.57 Å². The zero-order chi connectivity index (χ0) is 32.2. The number of hydrogen-bond acceptors (Lipinski definition) is 2. The first-order valence-corrected chi connectivity index (χ1v) is 16.5. The Morgan fingerprint density at radius 3 is 1.73 bits per heavy atom. The van der Waals surface area contributed by atoms with Crippen molar-refractivity contribution in [2.45, 2.75) is 19.3 Å². The number of nitrogens with zero attached hydrogens (tertiary/aromatic N) is 2. The summed E-state index contributed by atoms with van der Waals surface area (Å²) in [7, 11) is 0. The Morgan fingerprint density at radius 1 is 0.458 bits per heavy atom. The Kier molecular flexibility index (Phi) is 6.48. The lowest BCUT2D eigenvalue weighted by molar-refractivity contribution is 0.482. The molecule has 1 aliphatic rings. The molecule has 0 atom stereocenters. The normalized spacial score (nSPS) is 13.0. The van der Waals surface area contributed by atoms with E-state index in [4.69, 9.17) is 4.74 Å². The number of ether oxygens (including phenoxy) is 1. The van der Waals surface area contributed by atoms with Crippen LogP contribution in [0, 0.1) is 0 Å². The summed E-state index contributed by atoms with van der Waals surface area (Å²) in [4.78, 5) is 2.33. The Bertz CT molecular complexity index is 2370. The van der Waals surface area contributed by atoms with E-state index >= 15 is 0 Å². The van der Waals surface area contributed by atoms with E-state index in [9.17, 15) is 0 Å². The number of benzene rings is 7. The molecule has 1 heterocycles. The molecule has 3 heteroatoms. The van der Waals surface area contributed by atoms with Gasteiger partial charge in [0, 0.05) is 45.0 Å². The van der Waals surface area contributed by atoms with E-state index in [0.717, 1.165) is 34.2 Å². The predicted octanol–water partition coefficient (Wildman–Crippen LogP) is 12.4. The van der Waals surface area contributed by atoms with Crippen LogP contribution in [0.5, 0.6) is 11.5 Å². The van der Waals surface area contributed by atoms with Gasteiger partial charge in [-0.1, -0.05) is 105 Å². The molecule has 9 rings (SSSR count). The second-order valence-electron chi connectivity index (χ2n) is 13.0. The highest BCUT2D eigenvalue weighted by atomic mass is 16.5. The van der Waals surface area contributed by atoms with Crippen LogP contribution in [-0.2, 0) is 5.41 Å². The second-order valence-corrected chi connectivity index (χ2v) is 13.0. The Hall–Kier alpha value is -6.06. The van der Waals surface area contributed by atoms with E-state index in [1.165, 1.54) is 44.1 Å². The molecule has 0 N–H and O–H groups in total. The predicted molar refractivity (Wildman–Crippen MR) is 200 cm³/mol. The van der Waals surface area contributed by atoms with Crippen LogP contribution in [0.15, 0.2) is 170 Å². The van der Waals surface area contributed by atoms with Gasteiger partial charge >= 0.3 is 0 Å². The summed E-state index contributed by atoms with van der Waals surface area (Å²) in [5.74, 6) is 1.64. The summed E-state index contributed by atoms with van der Waals surface area (Å²) in [5, 5.41) is 2.50. The molecule has 48 heavy (non-hydrogen) atoms. The Balaban J connectivity index is 1.08. The van der Waals surface area contributed by atoms with Gasteiger partial charge in [-0.15, -0.1) is 0 Å². The van der Waals surface area contributed by atoms with Gasteiger partial charge in [0.15, 0.2) is 0 Å². The van der Waals surface area contributed by atoms with E-state index in [2.05, 4.69) is 187 Å². The molecule has 3 nitrogen and oxygen atoms in total. The molecule has 0 unspecified atom stereocenters. The van der Waals surface area contributed by atoms with E-state index in [1.807, 2.05) is 6.07 Å². The minimum absolute atomic E-state index is 0.158. The summed E-state index contributed by atoms with van der Waals surface area (Å²) in [5.41, 5.74) is 11.8. The van der Waals surface area contributed by atoms with Crippen molar-refractivity contribution in [1.29, 1.82) is 0 Å². The van der Waals surface area contributed by atoms with Gasteiger partial charge in [-0.25, -0.2) is 0 Å². The first kappa shape index (κ1) is 28.2. The molecular formula is C45H34N2O. The molecule has 1 aliphatic carbocycles. The summed E-state index contributed by atoms with van der Waals surface area (Å²) in [6.45, 7) is 4.65. The van der Waals surface area contributed by atoms with Crippen molar-refractivity contribution in [2.24, 2.45) is 0 Å². The molecular weight excluding hydrogens is 585 g/mol. The summed E-state index contributed by atoms with van der Waals surface area (Å²) in [6, 6.07) is 60.2. The highest BCUT2D eigenvalue weighted by molar-refractivity contribution is 6.09. The lowest BCUT2D eigenvalue weighted by atomic mass is 9.82. The second kappa shape index (κ2) is 11.0. The molecule has 8 aromatic rings. The highest BCUT2D eigenvalue weighted by Gasteiger charge is 2.36. The van der Waals surface area contributed by atoms with Gasteiger partial charge in [0.25, 0.3) is 0 Å². The van der Waals surface area contributed by atoms with Crippen molar-refractivity contribution in [2.75, 3.05) is 4.90 Å². The Morgan fingerprint density at radius 2 is 1.06 bits per heavy atom. The zero-order valence-electron chi connectivity index (χ0n) is 27.0. The van der Waals surface area contributed by atoms with Crippen molar-refractivity contribution in [3.63, 3.8) is 0 Å². The van der Waals surface area contributed by atoms with Crippen LogP contribution in [0.4, 0.5) is 17.1 Å². The molecule has 0 saturated carbocycles. The van der Waals surface area contributed by atoms with Gasteiger partial charge in [0.1, 0.15) is 11.5 Å². The van der Waals surface area contributed by atoms with Crippen LogP contribution < -0.4 is 9.64 Å². The molecule has 0 amide bonds. The summed E-state index contributed by atoms with van der Waals surface area (Å²) >= 11 is 0. The van der Waals surface area contributed by atoms with E-state index in [0.29, 0.717) is 0 Å². The lowest BCUT2D eigenvalue weighted by Gasteiger charge is -2.28. The molecule has 0 fully saturated rings. The number of para-hydroxylation sites is 4. The summed E-state index contributed by atoms with van der Waals surface area (Å²) < 4.78 is 8.93. The number of fused-ring (bicyclic) bond motifs is 6. The maximum Gasteiger partial charge on any atom is 0.129 e. The van der Waals surface area contributed by atoms with Crippen molar-refractivity contribution >= 4 is 38.9 Å². The largest absolute Gasteiger partial charge is 0.457 e. The van der Waals surface area contributed by atoms with Gasteiger partial charge in [-0.3, -0.25) is 0 Å². The third-order valence-electron chi connectivity index (χ3n) is 9.81. The fraction of sp³-hybridized carbons (Fsp3) is 0.0667. The molecule has 0 radical (unpaired) electrons. The molecule has 230 valence electrons. The van der Waals surface area contributed by atoms with E-state index in [1.54, 1.807) is 0 Å². The number of hydrogen-bond donors (Lipinski definition) is 0. The number of aromatic nitrogens is 1. The molecule has 1 aromatic heterocycles. The molecule has 0 bridgehead atoms. The maximum absolute atomic E-state index is 6.61. The first-order valence-electron chi connectivity index (χ1n) is 16.5. The van der Waals surface area contributed by atoms with Crippen molar-refractivity contribution in [1.82, 2.24) is 4.57 Å². The van der Waals surface area contributed by atoms with Gasteiger partial charge in [0.05, 0.1) is 11.0 Å². The minimum atomic E-state index is -0.158. The molecule has 7 aromatic carbocycles. The van der Waals surface area contributed by atoms with E-state index < -0.39 is 0 Å². The van der Waals surface area contributed by atoms with Crippen LogP contribution in [0.3, 0.4) is 0 Å². The number of anilines is 3. The lowest BCUT2D eigenvalue weighted by Crippen LogP contribution is -2.16. The third-order valence-corrected chi connectivity index (χ3v) is 9.81. The van der Waals surface area contributed by atoms with Gasteiger partial charge in [0.2, 0.25) is 0 Å². The standard InChI is InChI=1S/C45H34N2O/c1-45(2)41-27-25-36(48-35-19-13-18-33(28-35)47-43-22-11-9-20-38(43)39-21-10-12-23-44(39)47)30-40(41)37-26-24-34(29-42(37)45)46(31-14-5-3-6-15-31)32-16-7-4-8-17-32/h3-30H,1-2H3. The van der Waals surface area contributed by atoms with Gasteiger partial charge < -0.3 is 14.2 Å². The minimum Gasteiger partial charge on any atom is -0.457 e. The summed E-state index contributed by atoms with van der Waals surface area (Å²) in [6.07, 6.45) is 0. The van der Waals surface area contributed by atoms with Crippen LogP contribution in [0.2, 0.25) is 0 Å². The van der Waals surface area contributed by atoms with Crippen molar-refractivity contribution < 1.29 is 4.74 Å². The third kappa shape index (κ3) is 4.51. The molecule has 0 aliphatic heterocycles. The number of rotatable bonds is 6. The SMILES string of the molecule is CC1(C)c2ccc(Oc3cccc(-n4c5ccccc5c5ccccc54)c3)cc2-c2ccc(N(c3ccccc3)c3ccccc3)cc21. The van der Waals surface area contributed by atoms with Gasteiger partial charge in [-0.05, 0) is 95.1 Å². The fourth-order valence-corrected chi connectivity index (χ4v) is 7.55.